The van der Waals surface area contributed by atoms with E-state index in [-0.39, 0.29) is 5.92 Å². The van der Waals surface area contributed by atoms with E-state index in [1.54, 1.807) is 0 Å². The summed E-state index contributed by atoms with van der Waals surface area (Å²) >= 11 is 0. The SMILES string of the molecule is C1=CC2C=CC=C(C3=CC4=C(C=C5c6c(c(-c7ccccc7)c7cc8c9c(cccc9c7c6-c6ccccc6)C6=C8CCC=C6)C6=CC=CC4C65)CC3)C2C=C1. The Morgan fingerprint density at radius 2 is 1.27 bits per heavy atom. The van der Waals surface area contributed by atoms with Gasteiger partial charge in [0.1, 0.15) is 0 Å². The summed E-state index contributed by atoms with van der Waals surface area (Å²) in [6.45, 7) is 0. The van der Waals surface area contributed by atoms with Crippen molar-refractivity contribution in [1.82, 2.24) is 0 Å². The summed E-state index contributed by atoms with van der Waals surface area (Å²) in [6.07, 6.45) is 38.1. The highest BCUT2D eigenvalue weighted by atomic mass is 14.5. The van der Waals surface area contributed by atoms with E-state index in [4.69, 9.17) is 0 Å². The van der Waals surface area contributed by atoms with Crippen LogP contribution in [0.4, 0.5) is 0 Å². The van der Waals surface area contributed by atoms with Crippen LogP contribution in [0.2, 0.25) is 0 Å². The minimum Gasteiger partial charge on any atom is -0.0836 e. The van der Waals surface area contributed by atoms with Gasteiger partial charge in [0.15, 0.2) is 0 Å². The smallest absolute Gasteiger partial charge is 0.0206 e. The molecule has 0 heterocycles. The summed E-state index contributed by atoms with van der Waals surface area (Å²) in [4.78, 5) is 0. The van der Waals surface area contributed by atoms with Gasteiger partial charge in [0.2, 0.25) is 0 Å². The van der Waals surface area contributed by atoms with Crippen molar-refractivity contribution in [3.63, 3.8) is 0 Å². The summed E-state index contributed by atoms with van der Waals surface area (Å²) in [5.41, 5.74) is 23.2. The Kier molecular flexibility index (Phi) is 6.45. The third-order valence-corrected chi connectivity index (χ3v) is 14.1. The molecular formula is C56H40. The monoisotopic (exact) mass is 712 g/mol. The fourth-order valence-corrected chi connectivity index (χ4v) is 11.9. The van der Waals surface area contributed by atoms with Crippen molar-refractivity contribution in [3.05, 3.63) is 215 Å². The Bertz CT molecular complexity index is 2990. The molecule has 0 spiro atoms. The maximum absolute atomic E-state index is 2.65. The average Bonchev–Trinajstić information content (AvgIpc) is 3.77. The third kappa shape index (κ3) is 4.14. The Labute approximate surface area is 328 Å². The second-order valence-corrected chi connectivity index (χ2v) is 16.8. The van der Waals surface area contributed by atoms with Crippen molar-refractivity contribution < 1.29 is 0 Å². The molecule has 4 unspecified atom stereocenters. The van der Waals surface area contributed by atoms with Gasteiger partial charge in [-0.15, -0.1) is 0 Å². The molecule has 0 amide bonds. The molecule has 0 radical (unpaired) electrons. The van der Waals surface area contributed by atoms with Crippen molar-refractivity contribution >= 4 is 43.8 Å². The number of fused-ring (bicyclic) bond motifs is 9. The predicted molar refractivity (Wildman–Crippen MR) is 236 cm³/mol. The number of benzene rings is 5. The molecular weight excluding hydrogens is 673 g/mol. The normalized spacial score (nSPS) is 24.4. The van der Waals surface area contributed by atoms with Crippen LogP contribution in [0.5, 0.6) is 0 Å². The van der Waals surface area contributed by atoms with Gasteiger partial charge < -0.3 is 0 Å². The second-order valence-electron chi connectivity index (χ2n) is 16.8. The maximum atomic E-state index is 2.65. The molecule has 56 heavy (non-hydrogen) atoms. The largest absolute Gasteiger partial charge is 0.0836 e. The van der Waals surface area contributed by atoms with E-state index in [1.807, 2.05) is 0 Å². The molecule has 0 saturated heterocycles. The molecule has 5 aromatic carbocycles. The molecule has 0 aliphatic heterocycles. The Hall–Kier alpha value is -6.24. The summed E-state index contributed by atoms with van der Waals surface area (Å²) in [7, 11) is 0. The van der Waals surface area contributed by atoms with Gasteiger partial charge in [0.05, 0.1) is 0 Å². The van der Waals surface area contributed by atoms with Crippen LogP contribution in [0.1, 0.15) is 47.9 Å². The van der Waals surface area contributed by atoms with Crippen molar-refractivity contribution in [3.8, 4) is 22.3 Å². The molecule has 8 aliphatic rings. The van der Waals surface area contributed by atoms with E-state index in [9.17, 15) is 0 Å². The number of hydrogen-bond donors (Lipinski definition) is 0. The molecule has 0 fully saturated rings. The topological polar surface area (TPSA) is 0 Å². The van der Waals surface area contributed by atoms with Crippen LogP contribution in [-0.4, -0.2) is 0 Å². The van der Waals surface area contributed by atoms with E-state index >= 15 is 0 Å². The maximum Gasteiger partial charge on any atom is 0.0206 e. The second kappa shape index (κ2) is 11.6. The fraction of sp³-hybridized carbons (Fsp3) is 0.143. The minimum absolute atomic E-state index is 0.281. The molecule has 0 aromatic heterocycles. The van der Waals surface area contributed by atoms with Gasteiger partial charge in [-0.2, -0.15) is 0 Å². The fourth-order valence-electron chi connectivity index (χ4n) is 11.9. The lowest BCUT2D eigenvalue weighted by molar-refractivity contribution is 0.614. The molecule has 5 aromatic rings. The van der Waals surface area contributed by atoms with Gasteiger partial charge in [-0.3, -0.25) is 0 Å². The highest BCUT2D eigenvalue weighted by molar-refractivity contribution is 6.30. The van der Waals surface area contributed by atoms with Crippen LogP contribution in [0, 0.1) is 23.7 Å². The zero-order valence-corrected chi connectivity index (χ0v) is 31.3. The Morgan fingerprint density at radius 3 is 2.14 bits per heavy atom. The van der Waals surface area contributed by atoms with Gasteiger partial charge in [-0.25, -0.2) is 0 Å². The summed E-state index contributed by atoms with van der Waals surface area (Å²) in [5.74, 6) is 1.47. The molecule has 0 N–H and O–H groups in total. The van der Waals surface area contributed by atoms with E-state index in [2.05, 4.69) is 170 Å². The molecule has 13 rings (SSSR count). The van der Waals surface area contributed by atoms with Gasteiger partial charge >= 0.3 is 0 Å². The zero-order chi connectivity index (χ0) is 36.5. The standard InChI is InChI=1S/C56H40/c1-3-15-34(16-4-1)50-49-32-47-41-22-10-9-21-40(41)42-24-12-26-44(52(42)47)54(49)51(35-17-5-2-6-18-35)56-48-31-37-29-28-36(39-23-11-19-33-14-7-8-20-38(33)39)30-46(37)43-25-13-27-45(53(43)48)55(50)56/h1-9,11-21,23-27,30-33,38,43,53H,10,22,28-29H2. The van der Waals surface area contributed by atoms with Gasteiger partial charge in [0, 0.05) is 23.7 Å². The van der Waals surface area contributed by atoms with Crippen molar-refractivity contribution in [2.75, 3.05) is 0 Å². The van der Waals surface area contributed by atoms with Crippen LogP contribution in [0.15, 0.2) is 192 Å². The molecule has 0 saturated carbocycles. The van der Waals surface area contributed by atoms with Crippen molar-refractivity contribution in [2.45, 2.75) is 25.7 Å². The Morgan fingerprint density at radius 1 is 0.518 bits per heavy atom. The lowest BCUT2D eigenvalue weighted by atomic mass is 9.67. The predicted octanol–water partition coefficient (Wildman–Crippen LogP) is 14.4. The minimum atomic E-state index is 0.281. The van der Waals surface area contributed by atoms with Gasteiger partial charge in [0.25, 0.3) is 0 Å². The van der Waals surface area contributed by atoms with Crippen LogP contribution >= 0.6 is 0 Å². The average molecular weight is 713 g/mol. The third-order valence-electron chi connectivity index (χ3n) is 14.1. The molecule has 264 valence electrons. The van der Waals surface area contributed by atoms with Crippen LogP contribution in [0.25, 0.3) is 66.1 Å². The highest BCUT2D eigenvalue weighted by Crippen LogP contribution is 2.63. The Balaban J connectivity index is 1.13. The number of allylic oxidation sites excluding steroid dienone is 22. The molecule has 8 aliphatic carbocycles. The summed E-state index contributed by atoms with van der Waals surface area (Å²) in [5, 5.41) is 5.60. The number of rotatable bonds is 3. The quantitative estimate of drug-likeness (QED) is 0.163. The first-order chi connectivity index (χ1) is 27.8. The van der Waals surface area contributed by atoms with Gasteiger partial charge in [-0.1, -0.05) is 164 Å². The van der Waals surface area contributed by atoms with E-state index in [1.165, 1.54) is 111 Å². The van der Waals surface area contributed by atoms with Gasteiger partial charge in [-0.05, 0) is 142 Å². The lowest BCUT2D eigenvalue weighted by Crippen LogP contribution is -2.23. The molecule has 0 heteroatoms. The molecule has 0 nitrogen and oxygen atoms in total. The lowest BCUT2D eigenvalue weighted by Gasteiger charge is -2.36. The van der Waals surface area contributed by atoms with E-state index in [0.29, 0.717) is 17.8 Å². The van der Waals surface area contributed by atoms with Crippen LogP contribution in [-0.2, 0) is 0 Å². The molecule has 0 bridgehead atoms. The molecule has 4 atom stereocenters. The van der Waals surface area contributed by atoms with Crippen LogP contribution in [0.3, 0.4) is 0 Å². The van der Waals surface area contributed by atoms with Crippen molar-refractivity contribution in [2.24, 2.45) is 23.7 Å². The number of hydrogen-bond acceptors (Lipinski definition) is 0. The van der Waals surface area contributed by atoms with Crippen LogP contribution < -0.4 is 0 Å². The first-order valence-electron chi connectivity index (χ1n) is 20.7. The van der Waals surface area contributed by atoms with Crippen molar-refractivity contribution in [1.29, 1.82) is 0 Å². The van der Waals surface area contributed by atoms with E-state index < -0.39 is 0 Å². The van der Waals surface area contributed by atoms with E-state index in [0.717, 1.165) is 25.7 Å². The highest BCUT2D eigenvalue weighted by Gasteiger charge is 2.46. The summed E-state index contributed by atoms with van der Waals surface area (Å²) < 4.78 is 0. The first kappa shape index (κ1) is 31.0. The summed E-state index contributed by atoms with van der Waals surface area (Å²) in [6, 6.07) is 32.4. The zero-order valence-electron chi connectivity index (χ0n) is 31.3. The first-order valence-corrected chi connectivity index (χ1v) is 20.7.